The summed E-state index contributed by atoms with van der Waals surface area (Å²) in [7, 11) is -6.18. The van der Waals surface area contributed by atoms with Crippen molar-refractivity contribution in [3.63, 3.8) is 0 Å². The molecule has 0 aliphatic carbocycles. The topological polar surface area (TPSA) is 35.9 Å². The maximum atomic E-state index is 10.4. The summed E-state index contributed by atoms with van der Waals surface area (Å²) in [5.74, 6) is 1.22. The van der Waals surface area contributed by atoms with E-state index in [9.17, 15) is 27.4 Å². The van der Waals surface area contributed by atoms with Gasteiger partial charge in [0.1, 0.15) is 17.3 Å². The molecule has 0 bridgehead atoms. The van der Waals surface area contributed by atoms with Crippen molar-refractivity contribution in [1.82, 2.24) is 14.1 Å². The number of nitrogens with zero attached hydrogens (tertiary/aromatic N) is 4. The normalized spacial score (nSPS) is 16.0. The third-order valence-corrected chi connectivity index (χ3v) is 20.2. The zero-order valence-electron chi connectivity index (χ0n) is 70.5. The molecule has 0 spiro atoms. The van der Waals surface area contributed by atoms with Gasteiger partial charge in [-0.05, 0) is 136 Å². The van der Waals surface area contributed by atoms with Crippen molar-refractivity contribution < 1.29 is 40.8 Å². The minimum Gasteiger partial charge on any atom is -0.458 e. The molecule has 3 aromatic heterocycles. The molecule has 0 amide bonds. The molecule has 6 heteroatoms. The predicted molar refractivity (Wildman–Crippen MR) is 359 cm³/mol. The lowest BCUT2D eigenvalue weighted by Gasteiger charge is -2.35. The average molecular weight is 1150 g/mol. The zero-order valence-corrected chi connectivity index (χ0v) is 48.5. The number of hydrogen-bond acceptors (Lipinski definition) is 2. The number of ether oxygens (including phenoxy) is 1. The van der Waals surface area contributed by atoms with Gasteiger partial charge in [0, 0.05) is 23.0 Å². The molecule has 0 saturated carbocycles. The number of benzene rings is 11. The molecule has 11 aromatic carbocycles. The van der Waals surface area contributed by atoms with Crippen LogP contribution in [0.2, 0.25) is 0 Å². The first-order chi connectivity index (χ1) is 51.4. The minimum absolute atomic E-state index is 0.0575. The van der Waals surface area contributed by atoms with Gasteiger partial charge in [-0.3, -0.25) is 13.7 Å². The molecule has 4 heterocycles. The highest BCUT2D eigenvalue weighted by Crippen LogP contribution is 2.46. The van der Waals surface area contributed by atoms with Crippen molar-refractivity contribution in [3.05, 3.63) is 296 Å². The Labute approximate surface area is 536 Å². The number of pyridine rings is 1. The van der Waals surface area contributed by atoms with Gasteiger partial charge in [0.25, 0.3) is 6.33 Å². The van der Waals surface area contributed by atoms with E-state index < -0.39 is 184 Å². The molecule has 0 unspecified atom stereocenters. The molecule has 15 rings (SSSR count). The molecule has 5 nitrogen and oxygen atoms in total. The number of fused-ring (bicyclic) bond motifs is 10. The lowest BCUT2D eigenvalue weighted by atomic mass is 9.85. The molecule has 0 radical (unpaired) electrons. The fourth-order valence-electron chi connectivity index (χ4n) is 12.0. The number of hydrogen-bond donors (Lipinski definition) is 0. The van der Waals surface area contributed by atoms with E-state index in [-0.39, 0.29) is 55.7 Å². The van der Waals surface area contributed by atoms with Crippen molar-refractivity contribution >= 4 is 61.7 Å². The van der Waals surface area contributed by atoms with Gasteiger partial charge in [0.05, 0.1) is 65.0 Å². The Balaban J connectivity index is 1.17. The summed E-state index contributed by atoms with van der Waals surface area (Å²) >= 11 is 0. The van der Waals surface area contributed by atoms with Crippen LogP contribution in [-0.2, 0) is 10.8 Å². The monoisotopic (exact) mass is 1150 g/mol. The van der Waals surface area contributed by atoms with Crippen LogP contribution in [0.3, 0.4) is 0 Å². The van der Waals surface area contributed by atoms with Crippen molar-refractivity contribution in [2.24, 2.45) is 0 Å². The molecular weight excluding hydrogens is 1060 g/mol. The molecule has 0 atom stereocenters. The first kappa shape index (κ1) is 33.4. The first-order valence-corrected chi connectivity index (χ1v) is 30.0. The third kappa shape index (κ3) is 8.73. The van der Waals surface area contributed by atoms with Gasteiger partial charge in [-0.2, -0.15) is 0 Å². The predicted octanol–water partition coefficient (Wildman–Crippen LogP) is 16.9. The molecular formula is C80H64N4OSi. The average Bonchev–Trinajstić information content (AvgIpc) is 1.63. The quantitative estimate of drug-likeness (QED) is 0.0625. The van der Waals surface area contributed by atoms with E-state index in [1.807, 2.05) is 99.6 Å². The zero-order chi connectivity index (χ0) is 78.3. The van der Waals surface area contributed by atoms with Crippen molar-refractivity contribution in [2.75, 3.05) is 0 Å². The summed E-state index contributed by atoms with van der Waals surface area (Å²) in [5.41, 5.74) is 2.22. The minimum atomic E-state index is -6.18. The Hall–Kier alpha value is -10.1. The van der Waals surface area contributed by atoms with Crippen molar-refractivity contribution in [2.45, 2.75) is 52.4 Å². The summed E-state index contributed by atoms with van der Waals surface area (Å²) in [6.07, 6.45) is 5.34. The number of para-hydroxylation sites is 2. The van der Waals surface area contributed by atoms with Crippen LogP contribution >= 0.6 is 0 Å². The van der Waals surface area contributed by atoms with E-state index in [0.29, 0.717) is 22.7 Å². The van der Waals surface area contributed by atoms with Gasteiger partial charge >= 0.3 is 0 Å². The van der Waals surface area contributed by atoms with Crippen LogP contribution in [0.4, 0.5) is 0 Å². The van der Waals surface area contributed by atoms with Crippen LogP contribution in [0, 0.1) is 6.33 Å². The van der Waals surface area contributed by atoms with Crippen molar-refractivity contribution in [1.29, 1.82) is 0 Å². The molecule has 0 N–H and O–H groups in total. The summed E-state index contributed by atoms with van der Waals surface area (Å²) < 4.78 is 235. The van der Waals surface area contributed by atoms with Crippen LogP contribution in [0.15, 0.2) is 279 Å². The Kier molecular flexibility index (Phi) is 7.99. The number of imidazole rings is 1. The first-order valence-electron chi connectivity index (χ1n) is 39.5. The van der Waals surface area contributed by atoms with E-state index >= 15 is 0 Å². The molecule has 86 heavy (non-hydrogen) atoms. The standard InChI is InChI=1S/C80H64N4OSi/c1-79(2,3)55-42-40-54(41-43-55)64-37-23-38-71-67-34-18-16-32-65(67)66-33-17-19-35-68(66)72-51-63(86(60-26-10-7-11-27-60,61-28-12-8-13-29-61)62-30-14-9-15-31-62)52-75-78(72)83(77(64)71)53-82(75)57-24-22-25-58(49-57)85-59-44-45-70-69-36-20-21-39-73(69)84(74(70)50-59)76-48-56(46-47-81-76)80(4,5)6/h7-52H,1-6H3/i7D,8D,9D,10D,11D,12D,13D,14D,15D,16D,17D,18D,19D,26D,27D,28D,29D,30D,31D,32D,33D,34D,35D. The summed E-state index contributed by atoms with van der Waals surface area (Å²) in [6.45, 7) is 12.5. The van der Waals surface area contributed by atoms with Gasteiger partial charge in [-0.25, -0.2) is 4.98 Å². The van der Waals surface area contributed by atoms with E-state index in [2.05, 4.69) is 31.7 Å². The van der Waals surface area contributed by atoms with Crippen LogP contribution in [0.5, 0.6) is 11.5 Å². The van der Waals surface area contributed by atoms with Gasteiger partial charge in [-0.1, -0.05) is 259 Å². The van der Waals surface area contributed by atoms with E-state index in [1.54, 1.807) is 53.2 Å². The Morgan fingerprint density at radius 1 is 0.442 bits per heavy atom. The van der Waals surface area contributed by atoms with Gasteiger partial charge < -0.3 is 4.74 Å². The Bertz CT molecular complexity index is 6100. The SMILES string of the molecule is [2H]c1c([2H])c([2H])c([Si](c2cc3c4c(c2)n(-c2cccc(Oc5ccc6c7ccccc7n(-c7cc(C(C)(C)C)ccn7)c6c5)c2)[c-][n+]4-c2c(-c4ccc(C(C)(C)C)cc4)cccc2-c2c([2H])c([2H])c([2H])c([2H])c2-c2c([2H])c([2H])c([2H])c([2H])c2-3)(c2c([2H])c([2H])c([2H])c([2H])c2[2H])c2c([2H])c([2H])c([2H])c([2H])c2[2H])c([2H])c1[2H]. The van der Waals surface area contributed by atoms with Crippen LogP contribution < -0.4 is 30.1 Å². The molecule has 414 valence electrons. The number of rotatable bonds is 9. The molecule has 14 aromatic rings. The molecule has 1 aliphatic rings. The fraction of sp³-hybridized carbons (Fsp3) is 0.100. The van der Waals surface area contributed by atoms with E-state index in [1.165, 1.54) is 16.7 Å². The Morgan fingerprint density at radius 3 is 1.64 bits per heavy atom. The van der Waals surface area contributed by atoms with Crippen LogP contribution in [-0.4, -0.2) is 22.2 Å². The largest absolute Gasteiger partial charge is 0.458 e. The van der Waals surface area contributed by atoms with Crippen molar-refractivity contribution in [3.8, 4) is 73.2 Å². The lowest BCUT2D eigenvalue weighted by Crippen LogP contribution is -2.74. The van der Waals surface area contributed by atoms with Gasteiger partial charge in [-0.15, -0.1) is 0 Å². The summed E-state index contributed by atoms with van der Waals surface area (Å²) in [5, 5.41) is -1.19. The fourth-order valence-corrected chi connectivity index (χ4v) is 15.8. The second-order valence-electron chi connectivity index (χ2n) is 23.2. The number of aromatic nitrogens is 4. The molecule has 0 fully saturated rings. The highest BCUT2D eigenvalue weighted by atomic mass is 28.3. The van der Waals surface area contributed by atoms with E-state index in [0.717, 1.165) is 32.9 Å². The summed E-state index contributed by atoms with van der Waals surface area (Å²) in [4.78, 5) is 4.87. The van der Waals surface area contributed by atoms with Crippen LogP contribution in [0.1, 0.15) is 84.2 Å². The highest BCUT2D eigenvalue weighted by Gasteiger charge is 2.43. The van der Waals surface area contributed by atoms with Gasteiger partial charge in [0.2, 0.25) is 0 Å². The molecule has 0 saturated heterocycles. The molecule has 1 aliphatic heterocycles. The summed E-state index contributed by atoms with van der Waals surface area (Å²) in [6, 6.07) is 17.6. The van der Waals surface area contributed by atoms with Gasteiger partial charge in [0.15, 0.2) is 8.07 Å². The second-order valence-corrected chi connectivity index (χ2v) is 26.8. The lowest BCUT2D eigenvalue weighted by molar-refractivity contribution is -0.570. The van der Waals surface area contributed by atoms with E-state index in [4.69, 9.17) is 13.8 Å². The highest BCUT2D eigenvalue weighted by molar-refractivity contribution is 7.20. The maximum Gasteiger partial charge on any atom is 0.269 e. The second kappa shape index (κ2) is 20.6. The maximum absolute atomic E-state index is 10.4. The third-order valence-electron chi connectivity index (χ3n) is 16.1. The van der Waals surface area contributed by atoms with Crippen LogP contribution in [0.25, 0.3) is 94.5 Å². The smallest absolute Gasteiger partial charge is 0.269 e. The Morgan fingerprint density at radius 2 is 1.00 bits per heavy atom.